The molecule has 1 aromatic rings. The molecule has 0 radical (unpaired) electrons. The summed E-state index contributed by atoms with van der Waals surface area (Å²) in [5.41, 5.74) is 0.234. The number of aliphatic hydroxyl groups excluding tert-OH is 1. The fourth-order valence-electron chi connectivity index (χ4n) is 0.853. The lowest BCUT2D eigenvalue weighted by Crippen LogP contribution is -2.00. The normalized spacial score (nSPS) is 13.0. The number of rotatable bonds is 2. The Kier molecular flexibility index (Phi) is 3.17. The van der Waals surface area contributed by atoms with E-state index in [4.69, 9.17) is 5.11 Å². The highest BCUT2D eigenvalue weighted by Crippen LogP contribution is 2.24. The maximum Gasteiger partial charge on any atom is 0.123 e. The molecule has 1 aromatic carbocycles. The van der Waals surface area contributed by atoms with Crippen molar-refractivity contribution >= 4 is 15.9 Å². The summed E-state index contributed by atoms with van der Waals surface area (Å²) in [5, 5.41) is 9.06. The standard InChI is InChI=1S/C8H7BrF2O/c9-7-2-1-5(11)3-6(7)8(12)4-10/h1-3,8,12H,4H2. The minimum absolute atomic E-state index is 0.234. The van der Waals surface area contributed by atoms with Gasteiger partial charge in [-0.1, -0.05) is 15.9 Å². The van der Waals surface area contributed by atoms with Crippen molar-refractivity contribution in [1.29, 1.82) is 0 Å². The van der Waals surface area contributed by atoms with E-state index in [9.17, 15) is 8.78 Å². The monoisotopic (exact) mass is 236 g/mol. The van der Waals surface area contributed by atoms with Gasteiger partial charge >= 0.3 is 0 Å². The summed E-state index contributed by atoms with van der Waals surface area (Å²) in [6.45, 7) is -0.915. The molecule has 0 aliphatic heterocycles. The van der Waals surface area contributed by atoms with E-state index in [0.29, 0.717) is 4.47 Å². The molecule has 0 bridgehead atoms. The summed E-state index contributed by atoms with van der Waals surface area (Å²) in [7, 11) is 0. The number of hydrogen-bond acceptors (Lipinski definition) is 1. The Bertz CT molecular complexity index is 278. The lowest BCUT2D eigenvalue weighted by Gasteiger charge is -2.08. The second kappa shape index (κ2) is 3.96. The zero-order valence-corrected chi connectivity index (χ0v) is 7.68. The van der Waals surface area contributed by atoms with Crippen molar-refractivity contribution in [3.63, 3.8) is 0 Å². The van der Waals surface area contributed by atoms with E-state index < -0.39 is 18.6 Å². The van der Waals surface area contributed by atoms with Crippen LogP contribution in [-0.4, -0.2) is 11.8 Å². The molecule has 0 saturated carbocycles. The molecule has 1 nitrogen and oxygen atoms in total. The van der Waals surface area contributed by atoms with Crippen LogP contribution in [0.4, 0.5) is 8.78 Å². The third-order valence-corrected chi connectivity index (χ3v) is 2.19. The summed E-state index contributed by atoms with van der Waals surface area (Å²) in [6, 6.07) is 3.77. The second-order valence-corrected chi connectivity index (χ2v) is 3.19. The molecule has 12 heavy (non-hydrogen) atoms. The lowest BCUT2D eigenvalue weighted by atomic mass is 10.1. The first kappa shape index (κ1) is 9.61. The Balaban J connectivity index is 3.04. The van der Waals surface area contributed by atoms with Gasteiger partial charge in [0, 0.05) is 10.0 Å². The van der Waals surface area contributed by atoms with E-state index in [-0.39, 0.29) is 5.56 Å². The minimum Gasteiger partial charge on any atom is -0.386 e. The van der Waals surface area contributed by atoms with Crippen molar-refractivity contribution in [2.45, 2.75) is 6.10 Å². The van der Waals surface area contributed by atoms with Gasteiger partial charge in [0.15, 0.2) is 0 Å². The van der Waals surface area contributed by atoms with Crippen molar-refractivity contribution in [1.82, 2.24) is 0 Å². The van der Waals surface area contributed by atoms with Gasteiger partial charge in [-0.05, 0) is 18.2 Å². The van der Waals surface area contributed by atoms with Gasteiger partial charge in [0.05, 0.1) is 0 Å². The van der Waals surface area contributed by atoms with Crippen LogP contribution in [-0.2, 0) is 0 Å². The van der Waals surface area contributed by atoms with Crippen LogP contribution in [0.15, 0.2) is 22.7 Å². The molecule has 0 fully saturated rings. The lowest BCUT2D eigenvalue weighted by molar-refractivity contribution is 0.141. The van der Waals surface area contributed by atoms with Gasteiger partial charge in [-0.3, -0.25) is 0 Å². The SMILES string of the molecule is OC(CF)c1cc(F)ccc1Br. The number of halogens is 3. The van der Waals surface area contributed by atoms with Crippen LogP contribution in [0.25, 0.3) is 0 Å². The topological polar surface area (TPSA) is 20.2 Å². The first-order valence-corrected chi connectivity index (χ1v) is 4.13. The quantitative estimate of drug-likeness (QED) is 0.838. The Morgan fingerprint density at radius 2 is 2.17 bits per heavy atom. The predicted molar refractivity (Wildman–Crippen MR) is 45.0 cm³/mol. The summed E-state index contributed by atoms with van der Waals surface area (Å²) in [5.74, 6) is -0.485. The average Bonchev–Trinajstić information content (AvgIpc) is 2.08. The zero-order valence-electron chi connectivity index (χ0n) is 6.10. The van der Waals surface area contributed by atoms with Gasteiger partial charge in [0.25, 0.3) is 0 Å². The van der Waals surface area contributed by atoms with Crippen molar-refractivity contribution in [3.8, 4) is 0 Å². The zero-order chi connectivity index (χ0) is 9.14. The molecular weight excluding hydrogens is 230 g/mol. The van der Waals surface area contributed by atoms with Crippen LogP contribution < -0.4 is 0 Å². The number of aliphatic hydroxyl groups is 1. The number of benzene rings is 1. The highest BCUT2D eigenvalue weighted by molar-refractivity contribution is 9.10. The Labute approximate surface area is 77.2 Å². The van der Waals surface area contributed by atoms with Gasteiger partial charge in [-0.15, -0.1) is 0 Å². The van der Waals surface area contributed by atoms with E-state index in [0.717, 1.165) is 6.07 Å². The molecule has 0 aliphatic carbocycles. The van der Waals surface area contributed by atoms with Gasteiger partial charge in [0.2, 0.25) is 0 Å². The smallest absolute Gasteiger partial charge is 0.123 e. The summed E-state index contributed by atoms with van der Waals surface area (Å²) >= 11 is 3.08. The first-order valence-electron chi connectivity index (χ1n) is 3.34. The van der Waals surface area contributed by atoms with E-state index in [2.05, 4.69) is 15.9 Å². The van der Waals surface area contributed by atoms with Crippen LogP contribution in [0, 0.1) is 5.82 Å². The molecule has 1 unspecified atom stereocenters. The van der Waals surface area contributed by atoms with E-state index in [1.54, 1.807) is 0 Å². The molecule has 0 spiro atoms. The molecule has 1 atom stereocenters. The molecule has 4 heteroatoms. The molecule has 1 N–H and O–H groups in total. The second-order valence-electron chi connectivity index (χ2n) is 2.34. The predicted octanol–water partition coefficient (Wildman–Crippen LogP) is 2.59. The van der Waals surface area contributed by atoms with Crippen molar-refractivity contribution in [3.05, 3.63) is 34.1 Å². The van der Waals surface area contributed by atoms with E-state index in [1.165, 1.54) is 12.1 Å². The molecule has 0 aromatic heterocycles. The maximum atomic E-state index is 12.6. The van der Waals surface area contributed by atoms with E-state index in [1.807, 2.05) is 0 Å². The highest BCUT2D eigenvalue weighted by atomic mass is 79.9. The van der Waals surface area contributed by atoms with Gasteiger partial charge < -0.3 is 5.11 Å². The van der Waals surface area contributed by atoms with Crippen molar-refractivity contribution < 1.29 is 13.9 Å². The highest BCUT2D eigenvalue weighted by Gasteiger charge is 2.11. The third kappa shape index (κ3) is 2.01. The maximum absolute atomic E-state index is 12.6. The summed E-state index contributed by atoms with van der Waals surface area (Å²) in [6.07, 6.45) is -1.25. The van der Waals surface area contributed by atoms with Crippen LogP contribution in [0.5, 0.6) is 0 Å². The van der Waals surface area contributed by atoms with Crippen LogP contribution in [0.1, 0.15) is 11.7 Å². The van der Waals surface area contributed by atoms with Crippen molar-refractivity contribution in [2.24, 2.45) is 0 Å². The largest absolute Gasteiger partial charge is 0.386 e. The molecule has 66 valence electrons. The average molecular weight is 237 g/mol. The fourth-order valence-corrected chi connectivity index (χ4v) is 1.36. The molecule has 1 rings (SSSR count). The number of hydrogen-bond donors (Lipinski definition) is 1. The van der Waals surface area contributed by atoms with Crippen LogP contribution >= 0.6 is 15.9 Å². The van der Waals surface area contributed by atoms with Crippen LogP contribution in [0.3, 0.4) is 0 Å². The fraction of sp³-hybridized carbons (Fsp3) is 0.250. The third-order valence-electron chi connectivity index (χ3n) is 1.46. The number of alkyl halides is 1. The molecule has 0 saturated heterocycles. The van der Waals surface area contributed by atoms with E-state index >= 15 is 0 Å². The van der Waals surface area contributed by atoms with Crippen molar-refractivity contribution in [2.75, 3.05) is 6.67 Å². The molecule has 0 aliphatic rings. The minimum atomic E-state index is -1.25. The Morgan fingerprint density at radius 1 is 1.50 bits per heavy atom. The Morgan fingerprint density at radius 3 is 2.75 bits per heavy atom. The van der Waals surface area contributed by atoms with Gasteiger partial charge in [-0.2, -0.15) is 0 Å². The van der Waals surface area contributed by atoms with Gasteiger partial charge in [-0.25, -0.2) is 8.78 Å². The first-order chi connectivity index (χ1) is 5.65. The molecule has 0 amide bonds. The van der Waals surface area contributed by atoms with Crippen LogP contribution in [0.2, 0.25) is 0 Å². The summed E-state index contributed by atoms with van der Waals surface area (Å²) in [4.78, 5) is 0. The molecule has 0 heterocycles. The van der Waals surface area contributed by atoms with Gasteiger partial charge in [0.1, 0.15) is 18.6 Å². The molecular formula is C8H7BrF2O. The summed E-state index contributed by atoms with van der Waals surface area (Å²) < 4.78 is 25.1. The Hall–Kier alpha value is -0.480.